The third-order valence-corrected chi connectivity index (χ3v) is 3.67. The summed E-state index contributed by atoms with van der Waals surface area (Å²) in [6, 6.07) is 6.91. The van der Waals surface area contributed by atoms with Gasteiger partial charge in [0.1, 0.15) is 0 Å². The van der Waals surface area contributed by atoms with Gasteiger partial charge in [0, 0.05) is 16.5 Å². The third kappa shape index (κ3) is 2.29. The zero-order valence-corrected chi connectivity index (χ0v) is 10.9. The molecule has 1 atom stereocenters. The third-order valence-electron chi connectivity index (χ3n) is 3.44. The second-order valence-corrected chi connectivity index (χ2v) is 5.15. The summed E-state index contributed by atoms with van der Waals surface area (Å²) in [5.74, 6) is -0.936. The molecule has 1 fully saturated rings. The predicted molar refractivity (Wildman–Crippen MR) is 73.7 cm³/mol. The lowest BCUT2D eigenvalue weighted by atomic mass is 10.0. The summed E-state index contributed by atoms with van der Waals surface area (Å²) >= 11 is 5.96. The number of hydrogen-bond acceptors (Lipinski definition) is 3. The number of nitrogens with zero attached hydrogens (tertiary/aromatic N) is 1. The average Bonchev–Trinajstić information content (AvgIpc) is 2.90. The summed E-state index contributed by atoms with van der Waals surface area (Å²) in [5.41, 5.74) is 1.70. The van der Waals surface area contributed by atoms with E-state index in [2.05, 4.69) is 10.3 Å². The van der Waals surface area contributed by atoms with Gasteiger partial charge in [0.15, 0.2) is 0 Å². The van der Waals surface area contributed by atoms with Gasteiger partial charge < -0.3 is 10.4 Å². The van der Waals surface area contributed by atoms with Crippen LogP contribution in [0.2, 0.25) is 5.02 Å². The molecule has 1 aliphatic rings. The number of benzene rings is 1. The molecule has 0 bridgehead atoms. The molecule has 0 aliphatic carbocycles. The molecule has 1 aromatic carbocycles. The number of nitrogens with one attached hydrogen (secondary N) is 1. The van der Waals surface area contributed by atoms with Gasteiger partial charge in [-0.15, -0.1) is 0 Å². The number of rotatable bonds is 2. The van der Waals surface area contributed by atoms with Crippen LogP contribution in [0.15, 0.2) is 24.3 Å². The Morgan fingerprint density at radius 1 is 1.42 bits per heavy atom. The SMILES string of the molecule is O=C(O)c1cc(C2CCCN2)nc2cc(Cl)ccc12. The molecule has 4 nitrogen and oxygen atoms in total. The highest BCUT2D eigenvalue weighted by Gasteiger charge is 2.20. The molecule has 0 saturated carbocycles. The van der Waals surface area contributed by atoms with E-state index in [0.717, 1.165) is 25.1 Å². The highest BCUT2D eigenvalue weighted by atomic mass is 35.5. The summed E-state index contributed by atoms with van der Waals surface area (Å²) in [6.07, 6.45) is 2.07. The van der Waals surface area contributed by atoms with Crippen molar-refractivity contribution in [1.82, 2.24) is 10.3 Å². The van der Waals surface area contributed by atoms with E-state index < -0.39 is 5.97 Å². The number of aromatic carboxylic acids is 1. The molecule has 1 aliphatic heterocycles. The van der Waals surface area contributed by atoms with Crippen LogP contribution in [0.1, 0.15) is 34.9 Å². The molecule has 2 heterocycles. The predicted octanol–water partition coefficient (Wildman–Crippen LogP) is 3.01. The molecular weight excluding hydrogens is 264 g/mol. The maximum absolute atomic E-state index is 11.4. The molecule has 98 valence electrons. The van der Waals surface area contributed by atoms with Crippen LogP contribution >= 0.6 is 11.6 Å². The Balaban J connectivity index is 2.21. The van der Waals surface area contributed by atoms with Crippen LogP contribution in [0.4, 0.5) is 0 Å². The van der Waals surface area contributed by atoms with Crippen molar-refractivity contribution < 1.29 is 9.90 Å². The van der Waals surface area contributed by atoms with E-state index in [4.69, 9.17) is 11.6 Å². The van der Waals surface area contributed by atoms with Gasteiger partial charge >= 0.3 is 5.97 Å². The molecule has 3 rings (SSSR count). The molecule has 0 radical (unpaired) electrons. The lowest BCUT2D eigenvalue weighted by Gasteiger charge is -2.12. The van der Waals surface area contributed by atoms with Gasteiger partial charge in [-0.05, 0) is 37.6 Å². The number of hydrogen-bond donors (Lipinski definition) is 2. The smallest absolute Gasteiger partial charge is 0.336 e. The normalized spacial score (nSPS) is 18.9. The van der Waals surface area contributed by atoms with Crippen LogP contribution in [0.5, 0.6) is 0 Å². The fraction of sp³-hybridized carbons (Fsp3) is 0.286. The minimum absolute atomic E-state index is 0.140. The maximum Gasteiger partial charge on any atom is 0.336 e. The first-order chi connectivity index (χ1) is 9.15. The van der Waals surface area contributed by atoms with Crippen molar-refractivity contribution >= 4 is 28.5 Å². The second kappa shape index (κ2) is 4.79. The highest BCUT2D eigenvalue weighted by molar-refractivity contribution is 6.31. The first-order valence-electron chi connectivity index (χ1n) is 6.22. The Hall–Kier alpha value is -1.65. The lowest BCUT2D eigenvalue weighted by molar-refractivity contribution is 0.0699. The van der Waals surface area contributed by atoms with Crippen molar-refractivity contribution in [1.29, 1.82) is 0 Å². The van der Waals surface area contributed by atoms with Gasteiger partial charge in [0.2, 0.25) is 0 Å². The Morgan fingerprint density at radius 2 is 2.26 bits per heavy atom. The van der Waals surface area contributed by atoms with Crippen LogP contribution in [0, 0.1) is 0 Å². The van der Waals surface area contributed by atoms with Crippen molar-refractivity contribution in [3.05, 3.63) is 40.5 Å². The van der Waals surface area contributed by atoms with Gasteiger partial charge in [-0.2, -0.15) is 0 Å². The number of aromatic nitrogens is 1. The van der Waals surface area contributed by atoms with E-state index in [0.29, 0.717) is 15.9 Å². The molecule has 0 spiro atoms. The van der Waals surface area contributed by atoms with Gasteiger partial charge in [-0.25, -0.2) is 4.79 Å². The molecule has 0 amide bonds. The van der Waals surface area contributed by atoms with Crippen molar-refractivity contribution in [2.24, 2.45) is 0 Å². The molecule has 1 unspecified atom stereocenters. The lowest BCUT2D eigenvalue weighted by Crippen LogP contribution is -2.15. The van der Waals surface area contributed by atoms with E-state index >= 15 is 0 Å². The van der Waals surface area contributed by atoms with E-state index in [1.807, 2.05) is 0 Å². The van der Waals surface area contributed by atoms with Crippen LogP contribution < -0.4 is 5.32 Å². The highest BCUT2D eigenvalue weighted by Crippen LogP contribution is 2.27. The molecule has 19 heavy (non-hydrogen) atoms. The van der Waals surface area contributed by atoms with Crippen molar-refractivity contribution in [2.75, 3.05) is 6.54 Å². The Morgan fingerprint density at radius 3 is 2.95 bits per heavy atom. The number of pyridine rings is 1. The zero-order valence-electron chi connectivity index (χ0n) is 10.2. The Kier molecular flexibility index (Phi) is 3.12. The molecule has 5 heteroatoms. The quantitative estimate of drug-likeness (QED) is 0.885. The monoisotopic (exact) mass is 276 g/mol. The largest absolute Gasteiger partial charge is 0.478 e. The number of carboxylic acids is 1. The first kappa shape index (κ1) is 12.4. The molecule has 1 saturated heterocycles. The number of halogens is 1. The number of carbonyl (C=O) groups is 1. The number of fused-ring (bicyclic) bond motifs is 1. The standard InChI is InChI=1S/C14H13ClN2O2/c15-8-3-4-9-10(14(18)19)7-13(17-12(9)6-8)11-2-1-5-16-11/h3-4,6-7,11,16H,1-2,5H2,(H,18,19). The molecular formula is C14H13ClN2O2. The fourth-order valence-electron chi connectivity index (χ4n) is 2.51. The van der Waals surface area contributed by atoms with Gasteiger partial charge in [0.05, 0.1) is 16.8 Å². The van der Waals surface area contributed by atoms with Gasteiger partial charge in [0.25, 0.3) is 0 Å². The van der Waals surface area contributed by atoms with Crippen LogP contribution in [0.3, 0.4) is 0 Å². The number of carboxylic acid groups (broad SMARTS) is 1. The molecule has 1 aromatic heterocycles. The zero-order chi connectivity index (χ0) is 13.4. The van der Waals surface area contributed by atoms with E-state index in [9.17, 15) is 9.90 Å². The van der Waals surface area contributed by atoms with Crippen molar-refractivity contribution in [3.8, 4) is 0 Å². The topological polar surface area (TPSA) is 62.2 Å². The summed E-state index contributed by atoms with van der Waals surface area (Å²) in [6.45, 7) is 0.947. The van der Waals surface area contributed by atoms with Gasteiger partial charge in [-0.3, -0.25) is 4.98 Å². The Bertz CT molecular complexity index is 651. The van der Waals surface area contributed by atoms with E-state index in [1.54, 1.807) is 24.3 Å². The summed E-state index contributed by atoms with van der Waals surface area (Å²) in [7, 11) is 0. The van der Waals surface area contributed by atoms with Crippen LogP contribution in [-0.2, 0) is 0 Å². The summed E-state index contributed by atoms with van der Waals surface area (Å²) < 4.78 is 0. The van der Waals surface area contributed by atoms with Crippen LogP contribution in [0.25, 0.3) is 10.9 Å². The van der Waals surface area contributed by atoms with Crippen LogP contribution in [-0.4, -0.2) is 22.6 Å². The first-order valence-corrected chi connectivity index (χ1v) is 6.60. The minimum Gasteiger partial charge on any atom is -0.478 e. The summed E-state index contributed by atoms with van der Waals surface area (Å²) in [4.78, 5) is 15.9. The maximum atomic E-state index is 11.4. The molecule has 2 aromatic rings. The molecule has 2 N–H and O–H groups in total. The average molecular weight is 277 g/mol. The summed E-state index contributed by atoms with van der Waals surface area (Å²) in [5, 5.41) is 13.9. The second-order valence-electron chi connectivity index (χ2n) is 4.71. The van der Waals surface area contributed by atoms with Gasteiger partial charge in [-0.1, -0.05) is 17.7 Å². The van der Waals surface area contributed by atoms with E-state index in [1.165, 1.54) is 0 Å². The fourth-order valence-corrected chi connectivity index (χ4v) is 2.68. The van der Waals surface area contributed by atoms with E-state index in [-0.39, 0.29) is 11.6 Å². The minimum atomic E-state index is -0.936. The Labute approximate surface area is 115 Å². The van der Waals surface area contributed by atoms with Crippen molar-refractivity contribution in [3.63, 3.8) is 0 Å². The van der Waals surface area contributed by atoms with Crippen molar-refractivity contribution in [2.45, 2.75) is 18.9 Å².